The van der Waals surface area contributed by atoms with Crippen molar-refractivity contribution < 1.29 is 14.7 Å². The number of nitrogens with one attached hydrogen (secondary N) is 1. The van der Waals surface area contributed by atoms with Gasteiger partial charge in [-0.2, -0.15) is 0 Å². The number of urea groups is 1. The maximum Gasteiger partial charge on any atom is 0.323 e. The third-order valence-corrected chi connectivity index (χ3v) is 3.91. The molecule has 0 aliphatic carbocycles. The first-order valence-electron chi connectivity index (χ1n) is 6.62. The lowest BCUT2D eigenvalue weighted by Crippen LogP contribution is -2.41. The number of carbonyl (C=O) groups excluding carboxylic acids is 1. The third-order valence-electron chi connectivity index (χ3n) is 2.96. The summed E-state index contributed by atoms with van der Waals surface area (Å²) in [6.07, 6.45) is -0.0779. The number of para-hydroxylation sites is 1. The zero-order chi connectivity index (χ0) is 15.4. The Morgan fingerprint density at radius 2 is 2.10 bits per heavy atom. The van der Waals surface area contributed by atoms with Gasteiger partial charge in [-0.25, -0.2) is 9.78 Å². The van der Waals surface area contributed by atoms with E-state index in [0.29, 0.717) is 5.13 Å². The zero-order valence-electron chi connectivity index (χ0n) is 11.9. The van der Waals surface area contributed by atoms with Crippen molar-refractivity contribution in [3.8, 4) is 0 Å². The van der Waals surface area contributed by atoms with Gasteiger partial charge in [-0.3, -0.25) is 10.1 Å². The number of aromatic nitrogens is 1. The normalized spacial score (nSPS) is 10.8. The Bertz CT molecular complexity index is 621. The Hall–Kier alpha value is -2.15. The van der Waals surface area contributed by atoms with Gasteiger partial charge >= 0.3 is 12.0 Å². The highest BCUT2D eigenvalue weighted by atomic mass is 32.1. The molecule has 0 fully saturated rings. The number of carbonyl (C=O) groups is 2. The molecule has 2 amide bonds. The van der Waals surface area contributed by atoms with E-state index in [-0.39, 0.29) is 25.0 Å². The Morgan fingerprint density at radius 1 is 1.38 bits per heavy atom. The van der Waals surface area contributed by atoms with E-state index in [4.69, 9.17) is 5.11 Å². The van der Waals surface area contributed by atoms with E-state index in [1.807, 2.05) is 38.1 Å². The lowest BCUT2D eigenvalue weighted by atomic mass is 10.3. The summed E-state index contributed by atoms with van der Waals surface area (Å²) in [6, 6.07) is 7.21. The zero-order valence-corrected chi connectivity index (χ0v) is 12.7. The Morgan fingerprint density at radius 3 is 2.71 bits per heavy atom. The lowest BCUT2D eigenvalue weighted by molar-refractivity contribution is -0.137. The van der Waals surface area contributed by atoms with Crippen molar-refractivity contribution in [1.82, 2.24) is 9.88 Å². The van der Waals surface area contributed by atoms with Crippen LogP contribution in [0.5, 0.6) is 0 Å². The van der Waals surface area contributed by atoms with Gasteiger partial charge in [-0.05, 0) is 26.0 Å². The number of benzene rings is 1. The van der Waals surface area contributed by atoms with E-state index in [1.165, 1.54) is 16.2 Å². The number of amides is 2. The van der Waals surface area contributed by atoms with Crippen LogP contribution >= 0.6 is 11.3 Å². The molecular weight excluding hydrogens is 290 g/mol. The summed E-state index contributed by atoms with van der Waals surface area (Å²) in [7, 11) is 0. The minimum Gasteiger partial charge on any atom is -0.481 e. The van der Waals surface area contributed by atoms with Crippen LogP contribution in [0.3, 0.4) is 0 Å². The summed E-state index contributed by atoms with van der Waals surface area (Å²) in [4.78, 5) is 28.7. The van der Waals surface area contributed by atoms with Crippen molar-refractivity contribution in [3.63, 3.8) is 0 Å². The smallest absolute Gasteiger partial charge is 0.323 e. The largest absolute Gasteiger partial charge is 0.481 e. The SMILES string of the molecule is CC(C)N(CCC(=O)O)C(=O)Nc1nc2ccccc2s1. The van der Waals surface area contributed by atoms with Crippen molar-refractivity contribution in [3.05, 3.63) is 24.3 Å². The molecule has 2 rings (SSSR count). The molecule has 0 spiro atoms. The van der Waals surface area contributed by atoms with E-state index in [1.54, 1.807) is 0 Å². The van der Waals surface area contributed by atoms with Gasteiger partial charge < -0.3 is 10.0 Å². The monoisotopic (exact) mass is 307 g/mol. The van der Waals surface area contributed by atoms with Gasteiger partial charge in [0.05, 0.1) is 16.6 Å². The van der Waals surface area contributed by atoms with Crippen molar-refractivity contribution in [2.75, 3.05) is 11.9 Å². The van der Waals surface area contributed by atoms with Crippen LogP contribution < -0.4 is 5.32 Å². The first-order chi connectivity index (χ1) is 9.97. The highest BCUT2D eigenvalue weighted by molar-refractivity contribution is 7.22. The van der Waals surface area contributed by atoms with E-state index < -0.39 is 5.97 Å². The van der Waals surface area contributed by atoms with Gasteiger partial charge in [0.15, 0.2) is 5.13 Å². The second-order valence-corrected chi connectivity index (χ2v) is 5.88. The van der Waals surface area contributed by atoms with Gasteiger partial charge in [0.1, 0.15) is 0 Å². The summed E-state index contributed by atoms with van der Waals surface area (Å²) >= 11 is 1.39. The molecule has 0 radical (unpaired) electrons. The molecule has 0 aliphatic rings. The van der Waals surface area contributed by atoms with E-state index in [0.717, 1.165) is 10.2 Å². The summed E-state index contributed by atoms with van der Waals surface area (Å²) in [5, 5.41) is 12.0. The van der Waals surface area contributed by atoms with Crippen LogP contribution in [-0.4, -0.2) is 39.6 Å². The Kier molecular flexibility index (Phi) is 4.74. The third kappa shape index (κ3) is 3.91. The average Bonchev–Trinajstić information content (AvgIpc) is 2.79. The molecule has 112 valence electrons. The number of fused-ring (bicyclic) bond motifs is 1. The maximum atomic E-state index is 12.2. The van der Waals surface area contributed by atoms with Crippen molar-refractivity contribution in [2.24, 2.45) is 0 Å². The summed E-state index contributed by atoms with van der Waals surface area (Å²) < 4.78 is 0.995. The molecule has 21 heavy (non-hydrogen) atoms. The molecule has 0 unspecified atom stereocenters. The van der Waals surface area contributed by atoms with Crippen LogP contribution in [0, 0.1) is 0 Å². The Balaban J connectivity index is 2.08. The topological polar surface area (TPSA) is 82.5 Å². The minimum atomic E-state index is -0.923. The molecule has 0 atom stereocenters. The fraction of sp³-hybridized carbons (Fsp3) is 0.357. The van der Waals surface area contributed by atoms with Crippen molar-refractivity contribution in [1.29, 1.82) is 0 Å². The highest BCUT2D eigenvalue weighted by Gasteiger charge is 2.19. The molecule has 0 saturated heterocycles. The molecule has 0 saturated carbocycles. The molecule has 2 aromatic rings. The quantitative estimate of drug-likeness (QED) is 0.889. The number of nitrogens with zero attached hydrogens (tertiary/aromatic N) is 2. The standard InChI is InChI=1S/C14H17N3O3S/c1-9(2)17(8-7-12(18)19)14(20)16-13-15-10-5-3-4-6-11(10)21-13/h3-6,9H,7-8H2,1-2H3,(H,18,19)(H,15,16,20). The number of aliphatic carboxylic acids is 1. The lowest BCUT2D eigenvalue weighted by Gasteiger charge is -2.25. The van der Waals surface area contributed by atoms with E-state index in [2.05, 4.69) is 10.3 Å². The van der Waals surface area contributed by atoms with Gasteiger partial charge in [0, 0.05) is 12.6 Å². The molecule has 6 nitrogen and oxygen atoms in total. The van der Waals surface area contributed by atoms with Crippen LogP contribution in [0.1, 0.15) is 20.3 Å². The number of hydrogen-bond acceptors (Lipinski definition) is 4. The van der Waals surface area contributed by atoms with E-state index >= 15 is 0 Å². The van der Waals surface area contributed by atoms with Gasteiger partial charge in [0.25, 0.3) is 0 Å². The predicted octanol–water partition coefficient (Wildman–Crippen LogP) is 3.01. The van der Waals surface area contributed by atoms with Gasteiger partial charge in [-0.15, -0.1) is 0 Å². The van der Waals surface area contributed by atoms with Crippen LogP contribution in [-0.2, 0) is 4.79 Å². The minimum absolute atomic E-state index is 0.0779. The molecule has 1 heterocycles. The number of carboxylic acids is 1. The maximum absolute atomic E-state index is 12.2. The second-order valence-electron chi connectivity index (χ2n) is 4.85. The first-order valence-corrected chi connectivity index (χ1v) is 7.44. The molecule has 7 heteroatoms. The summed E-state index contributed by atoms with van der Waals surface area (Å²) in [6.45, 7) is 3.86. The van der Waals surface area contributed by atoms with Crippen molar-refractivity contribution >= 4 is 38.7 Å². The fourth-order valence-corrected chi connectivity index (χ4v) is 2.75. The molecular formula is C14H17N3O3S. The van der Waals surface area contributed by atoms with Crippen LogP contribution in [0.4, 0.5) is 9.93 Å². The van der Waals surface area contributed by atoms with E-state index in [9.17, 15) is 9.59 Å². The number of rotatable bonds is 5. The van der Waals surface area contributed by atoms with Crippen LogP contribution in [0.25, 0.3) is 10.2 Å². The molecule has 2 N–H and O–H groups in total. The van der Waals surface area contributed by atoms with Crippen LogP contribution in [0.2, 0.25) is 0 Å². The highest BCUT2D eigenvalue weighted by Crippen LogP contribution is 2.25. The molecule has 1 aromatic carbocycles. The number of hydrogen-bond donors (Lipinski definition) is 2. The Labute approximate surface area is 126 Å². The van der Waals surface area contributed by atoms with Crippen molar-refractivity contribution in [2.45, 2.75) is 26.3 Å². The number of carboxylic acid groups (broad SMARTS) is 1. The first kappa shape index (κ1) is 15.2. The molecule has 0 aliphatic heterocycles. The summed E-state index contributed by atoms with van der Waals surface area (Å²) in [5.74, 6) is -0.923. The number of thiazole rings is 1. The second kappa shape index (κ2) is 6.53. The average molecular weight is 307 g/mol. The van der Waals surface area contributed by atoms with Gasteiger partial charge in [-0.1, -0.05) is 23.5 Å². The molecule has 1 aromatic heterocycles. The predicted molar refractivity (Wildman–Crippen MR) is 82.7 cm³/mol. The number of anilines is 1. The summed E-state index contributed by atoms with van der Waals surface area (Å²) in [5.41, 5.74) is 0.833. The van der Waals surface area contributed by atoms with Crippen LogP contribution in [0.15, 0.2) is 24.3 Å². The molecule has 0 bridgehead atoms. The fourth-order valence-electron chi connectivity index (χ4n) is 1.90. The van der Waals surface area contributed by atoms with Gasteiger partial charge in [0.2, 0.25) is 0 Å².